The number of aliphatic hydroxyl groups excluding tert-OH is 1. The Balaban J connectivity index is 1.47. The van der Waals surface area contributed by atoms with Gasteiger partial charge < -0.3 is 25.8 Å². The summed E-state index contributed by atoms with van der Waals surface area (Å²) >= 11 is 0. The first-order chi connectivity index (χ1) is 16.4. The summed E-state index contributed by atoms with van der Waals surface area (Å²) in [6, 6.07) is 11.8. The fourth-order valence-electron chi connectivity index (χ4n) is 5.64. The number of nitrogens with one attached hydrogen (secondary N) is 1. The van der Waals surface area contributed by atoms with Crippen LogP contribution in [0.1, 0.15) is 54.3 Å². The number of hydrogen-bond donors (Lipinski definition) is 3. The van der Waals surface area contributed by atoms with Crippen LogP contribution in [-0.2, 0) is 11.3 Å². The molecule has 3 aliphatic rings. The van der Waals surface area contributed by atoms with Crippen LogP contribution in [0.3, 0.4) is 0 Å². The topological polar surface area (TPSA) is 104 Å². The molecule has 5 rings (SSSR count). The molecule has 1 saturated carbocycles. The van der Waals surface area contributed by atoms with Crippen molar-refractivity contribution < 1.29 is 14.6 Å². The lowest BCUT2D eigenvalue weighted by atomic mass is 9.79. The Morgan fingerprint density at radius 1 is 1.26 bits per heavy atom. The fraction of sp³-hybridized carbons (Fsp3) is 0.538. The molecule has 3 heterocycles. The van der Waals surface area contributed by atoms with Crippen molar-refractivity contribution in [3.63, 3.8) is 0 Å². The summed E-state index contributed by atoms with van der Waals surface area (Å²) < 4.78 is 5.46. The van der Waals surface area contributed by atoms with Gasteiger partial charge in [0.2, 0.25) is 5.91 Å². The SMILES string of the molecule is CC(O)N1c2ccc(C(N)=O)cc2[C@H](Nc2cccc(CN3CCOCC3)n2)[C@@H](C)[C@@H]1C1CC1. The fourth-order valence-corrected chi connectivity index (χ4v) is 5.64. The summed E-state index contributed by atoms with van der Waals surface area (Å²) in [6.45, 7) is 8.20. The largest absolute Gasteiger partial charge is 0.379 e. The number of ether oxygens (including phenoxy) is 1. The highest BCUT2D eigenvalue weighted by atomic mass is 16.5. The van der Waals surface area contributed by atoms with Crippen molar-refractivity contribution in [2.24, 2.45) is 17.6 Å². The number of benzene rings is 1. The van der Waals surface area contributed by atoms with Gasteiger partial charge in [0.15, 0.2) is 0 Å². The Labute approximate surface area is 201 Å². The van der Waals surface area contributed by atoms with E-state index in [1.54, 1.807) is 6.07 Å². The molecular weight excluding hydrogens is 430 g/mol. The third-order valence-electron chi connectivity index (χ3n) is 7.42. The van der Waals surface area contributed by atoms with Gasteiger partial charge in [-0.15, -0.1) is 0 Å². The zero-order valence-electron chi connectivity index (χ0n) is 20.0. The van der Waals surface area contributed by atoms with E-state index in [9.17, 15) is 9.90 Å². The summed E-state index contributed by atoms with van der Waals surface area (Å²) in [7, 11) is 0. The number of rotatable bonds is 7. The number of nitrogens with two attached hydrogens (primary N) is 1. The highest BCUT2D eigenvalue weighted by Crippen LogP contribution is 2.50. The average molecular weight is 466 g/mol. The standard InChI is InChI=1S/C26H35N5O3/c1-16-24(29-23-5-3-4-20(28-23)15-30-10-12-34-13-11-30)21-14-19(26(27)33)8-9-22(21)31(17(2)32)25(16)18-6-7-18/h3-5,8-9,14,16-18,24-25,32H,6-7,10-13,15H2,1-2H3,(H2,27,33)(H,28,29)/t16-,17?,24-,25-/m1/s1. The third-order valence-corrected chi connectivity index (χ3v) is 7.42. The van der Waals surface area contributed by atoms with Gasteiger partial charge in [-0.2, -0.15) is 0 Å². The number of carbonyl (C=O) groups excluding carboxylic acids is 1. The Hall–Kier alpha value is -2.68. The highest BCUT2D eigenvalue weighted by Gasteiger charge is 2.47. The molecule has 0 spiro atoms. The van der Waals surface area contributed by atoms with Crippen LogP contribution in [0.25, 0.3) is 0 Å². The van der Waals surface area contributed by atoms with Crippen molar-refractivity contribution in [3.05, 3.63) is 53.2 Å². The summed E-state index contributed by atoms with van der Waals surface area (Å²) in [4.78, 5) is 21.4. The number of nitrogens with zero attached hydrogens (tertiary/aromatic N) is 3. The van der Waals surface area contributed by atoms with E-state index in [0.29, 0.717) is 11.5 Å². The van der Waals surface area contributed by atoms with Gasteiger partial charge in [-0.25, -0.2) is 4.98 Å². The molecule has 182 valence electrons. The minimum atomic E-state index is -0.623. The molecule has 2 aromatic rings. The lowest BCUT2D eigenvalue weighted by Gasteiger charge is -2.48. The third kappa shape index (κ3) is 4.62. The zero-order valence-corrected chi connectivity index (χ0v) is 20.0. The molecule has 1 aromatic heterocycles. The second-order valence-electron chi connectivity index (χ2n) is 9.89. The number of anilines is 2. The van der Waals surface area contributed by atoms with E-state index < -0.39 is 12.1 Å². The van der Waals surface area contributed by atoms with Gasteiger partial charge >= 0.3 is 0 Å². The predicted octanol–water partition coefficient (Wildman–Crippen LogP) is 2.74. The van der Waals surface area contributed by atoms with Gasteiger partial charge in [0.25, 0.3) is 0 Å². The smallest absolute Gasteiger partial charge is 0.248 e. The summed E-state index contributed by atoms with van der Waals surface area (Å²) in [5.74, 6) is 1.12. The molecule has 0 bridgehead atoms. The predicted molar refractivity (Wildman–Crippen MR) is 131 cm³/mol. The van der Waals surface area contributed by atoms with E-state index in [0.717, 1.165) is 55.6 Å². The van der Waals surface area contributed by atoms with Crippen LogP contribution in [0, 0.1) is 11.8 Å². The van der Waals surface area contributed by atoms with Crippen molar-refractivity contribution in [3.8, 4) is 0 Å². The molecule has 4 atom stereocenters. The van der Waals surface area contributed by atoms with Gasteiger partial charge in [0.05, 0.1) is 24.9 Å². The molecule has 1 saturated heterocycles. The number of pyridine rings is 1. The Morgan fingerprint density at radius 2 is 2.03 bits per heavy atom. The van der Waals surface area contributed by atoms with Crippen LogP contribution in [0.2, 0.25) is 0 Å². The Kier molecular flexibility index (Phi) is 6.46. The number of aliphatic hydroxyl groups is 1. The first kappa shape index (κ1) is 23.1. The van der Waals surface area contributed by atoms with E-state index in [2.05, 4.69) is 28.1 Å². The molecule has 8 heteroatoms. The number of hydrogen-bond acceptors (Lipinski definition) is 7. The lowest BCUT2D eigenvalue weighted by Crippen LogP contribution is -2.53. The number of fused-ring (bicyclic) bond motifs is 1. The lowest BCUT2D eigenvalue weighted by molar-refractivity contribution is 0.0336. The Bertz CT molecular complexity index is 1030. The molecular formula is C26H35N5O3. The van der Waals surface area contributed by atoms with Crippen LogP contribution in [0.4, 0.5) is 11.5 Å². The van der Waals surface area contributed by atoms with Crippen LogP contribution in [0.15, 0.2) is 36.4 Å². The van der Waals surface area contributed by atoms with E-state index in [-0.39, 0.29) is 18.0 Å². The van der Waals surface area contributed by atoms with Gasteiger partial charge in [0.1, 0.15) is 12.0 Å². The molecule has 2 aliphatic heterocycles. The maximum atomic E-state index is 12.0. The molecule has 1 aromatic carbocycles. The second kappa shape index (κ2) is 9.52. The molecule has 2 fully saturated rings. The molecule has 1 amide bonds. The van der Waals surface area contributed by atoms with Crippen molar-refractivity contribution in [2.45, 2.75) is 51.5 Å². The second-order valence-corrected chi connectivity index (χ2v) is 9.89. The van der Waals surface area contributed by atoms with Gasteiger partial charge in [-0.05, 0) is 61.6 Å². The minimum absolute atomic E-state index is 0.0546. The van der Waals surface area contributed by atoms with Crippen molar-refractivity contribution in [1.82, 2.24) is 9.88 Å². The number of amides is 1. The molecule has 34 heavy (non-hydrogen) atoms. The van der Waals surface area contributed by atoms with E-state index in [1.165, 1.54) is 12.8 Å². The number of primary amides is 1. The van der Waals surface area contributed by atoms with Crippen molar-refractivity contribution in [1.29, 1.82) is 0 Å². The molecule has 1 unspecified atom stereocenters. The zero-order chi connectivity index (χ0) is 23.8. The number of aromatic nitrogens is 1. The normalized spacial score (nSPS) is 26.1. The minimum Gasteiger partial charge on any atom is -0.379 e. The number of carbonyl (C=O) groups is 1. The monoisotopic (exact) mass is 465 g/mol. The number of morpholine rings is 1. The van der Waals surface area contributed by atoms with Crippen LogP contribution < -0.4 is 16.0 Å². The molecule has 0 radical (unpaired) electrons. The summed E-state index contributed by atoms with van der Waals surface area (Å²) in [5.41, 5.74) is 9.04. The van der Waals surface area contributed by atoms with Crippen LogP contribution >= 0.6 is 0 Å². The van der Waals surface area contributed by atoms with Gasteiger partial charge in [-0.1, -0.05) is 13.0 Å². The van der Waals surface area contributed by atoms with Gasteiger partial charge in [-0.3, -0.25) is 9.69 Å². The molecule has 8 nitrogen and oxygen atoms in total. The van der Waals surface area contributed by atoms with Gasteiger partial charge in [0, 0.05) is 42.8 Å². The average Bonchev–Trinajstić information content (AvgIpc) is 3.66. The maximum Gasteiger partial charge on any atom is 0.248 e. The summed E-state index contributed by atoms with van der Waals surface area (Å²) in [5, 5.41) is 14.4. The highest BCUT2D eigenvalue weighted by molar-refractivity contribution is 5.93. The maximum absolute atomic E-state index is 12.0. The Morgan fingerprint density at radius 3 is 2.71 bits per heavy atom. The van der Waals surface area contributed by atoms with Crippen LogP contribution in [0.5, 0.6) is 0 Å². The van der Waals surface area contributed by atoms with E-state index in [1.807, 2.05) is 31.2 Å². The van der Waals surface area contributed by atoms with Crippen molar-refractivity contribution in [2.75, 3.05) is 36.5 Å². The van der Waals surface area contributed by atoms with E-state index in [4.69, 9.17) is 15.5 Å². The first-order valence-electron chi connectivity index (χ1n) is 12.3. The first-order valence-corrected chi connectivity index (χ1v) is 12.3. The van der Waals surface area contributed by atoms with Crippen LogP contribution in [-0.4, -0.2) is 59.5 Å². The summed E-state index contributed by atoms with van der Waals surface area (Å²) in [6.07, 6.45) is 1.72. The molecule has 1 aliphatic carbocycles. The quantitative estimate of drug-likeness (QED) is 0.578. The van der Waals surface area contributed by atoms with Crippen molar-refractivity contribution >= 4 is 17.4 Å². The molecule has 4 N–H and O–H groups in total. The van der Waals surface area contributed by atoms with E-state index >= 15 is 0 Å².